The van der Waals surface area contributed by atoms with Gasteiger partial charge in [0.05, 0.1) is 6.54 Å². The number of rotatable bonds is 0. The number of hydrogen-bond acceptors (Lipinski definition) is 5. The monoisotopic (exact) mass is 152 g/mol. The lowest BCUT2D eigenvalue weighted by Crippen LogP contribution is -2.38. The molecule has 3 N–H and O–H groups in total. The van der Waals surface area contributed by atoms with E-state index in [4.69, 9.17) is 10.5 Å². The van der Waals surface area contributed by atoms with Gasteiger partial charge in [-0.3, -0.25) is 5.73 Å². The third kappa shape index (κ3) is 1.10. The van der Waals surface area contributed by atoms with Gasteiger partial charge >= 0.3 is 0 Å². The van der Waals surface area contributed by atoms with Crippen LogP contribution >= 0.6 is 0 Å². The molecule has 1 atom stereocenters. The zero-order chi connectivity index (χ0) is 7.68. The third-order valence-corrected chi connectivity index (χ3v) is 1.40. The Bertz CT molecular complexity index is 265. The maximum absolute atomic E-state index is 5.50. The molecule has 1 unspecified atom stereocenters. The number of hydrogen-bond donors (Lipinski definition) is 2. The van der Waals surface area contributed by atoms with Crippen molar-refractivity contribution in [2.45, 2.75) is 6.23 Å². The lowest BCUT2D eigenvalue weighted by Gasteiger charge is -2.21. The van der Waals surface area contributed by atoms with E-state index in [1.165, 1.54) is 0 Å². The number of nitrogens with two attached hydrogens (primary N) is 1. The first-order valence-electron chi connectivity index (χ1n) is 3.33. The predicted octanol–water partition coefficient (Wildman–Crippen LogP) is -0.434. The van der Waals surface area contributed by atoms with Gasteiger partial charge in [0.1, 0.15) is 0 Å². The quantitative estimate of drug-likeness (QED) is 0.527. The van der Waals surface area contributed by atoms with Gasteiger partial charge < -0.3 is 10.1 Å². The Morgan fingerprint density at radius 2 is 2.36 bits per heavy atom. The molecule has 1 aromatic heterocycles. The highest BCUT2D eigenvalue weighted by atomic mass is 16.5. The van der Waals surface area contributed by atoms with Gasteiger partial charge in [-0.2, -0.15) is 0 Å². The topological polar surface area (TPSA) is 73.1 Å². The maximum atomic E-state index is 5.50. The van der Waals surface area contributed by atoms with E-state index in [0.29, 0.717) is 18.2 Å². The van der Waals surface area contributed by atoms with Gasteiger partial charge in [-0.05, 0) is 0 Å². The molecule has 0 saturated heterocycles. The van der Waals surface area contributed by atoms with Gasteiger partial charge in [-0.25, -0.2) is 9.97 Å². The Hall–Kier alpha value is -1.36. The fraction of sp³-hybridized carbons (Fsp3) is 0.333. The van der Waals surface area contributed by atoms with Gasteiger partial charge in [0.2, 0.25) is 0 Å². The molecule has 0 spiro atoms. The Balaban J connectivity index is 2.34. The van der Waals surface area contributed by atoms with Crippen LogP contribution in [-0.4, -0.2) is 22.7 Å². The fourth-order valence-corrected chi connectivity index (χ4v) is 0.915. The van der Waals surface area contributed by atoms with Gasteiger partial charge in [0.25, 0.3) is 5.88 Å². The standard InChI is InChI=1S/C6H8N4O/c7-4-3-10-5-6(11-4)9-2-1-8-5/h1-2,4H,3,7H2,(H,8,10). The molecule has 11 heavy (non-hydrogen) atoms. The molecular weight excluding hydrogens is 144 g/mol. The Morgan fingerprint density at radius 1 is 1.55 bits per heavy atom. The van der Waals surface area contributed by atoms with Crippen LogP contribution in [0, 0.1) is 0 Å². The number of aromatic nitrogens is 2. The first-order chi connectivity index (χ1) is 5.36. The molecule has 0 radical (unpaired) electrons. The van der Waals surface area contributed by atoms with E-state index in [2.05, 4.69) is 15.3 Å². The number of nitrogens with one attached hydrogen (secondary N) is 1. The summed E-state index contributed by atoms with van der Waals surface area (Å²) >= 11 is 0. The minimum atomic E-state index is -0.320. The first kappa shape index (κ1) is 6.36. The van der Waals surface area contributed by atoms with Crippen molar-refractivity contribution in [1.29, 1.82) is 0 Å². The predicted molar refractivity (Wildman–Crippen MR) is 39.1 cm³/mol. The zero-order valence-electron chi connectivity index (χ0n) is 5.82. The molecule has 0 amide bonds. The van der Waals surface area contributed by atoms with E-state index in [9.17, 15) is 0 Å². The van der Waals surface area contributed by atoms with Crippen molar-refractivity contribution in [3.8, 4) is 5.88 Å². The van der Waals surface area contributed by atoms with Crippen LogP contribution in [0.5, 0.6) is 5.88 Å². The lowest BCUT2D eigenvalue weighted by molar-refractivity contribution is 0.203. The summed E-state index contributed by atoms with van der Waals surface area (Å²) in [6.45, 7) is 0.575. The smallest absolute Gasteiger partial charge is 0.259 e. The van der Waals surface area contributed by atoms with Crippen molar-refractivity contribution < 1.29 is 4.74 Å². The van der Waals surface area contributed by atoms with E-state index in [0.717, 1.165) is 0 Å². The molecule has 5 nitrogen and oxygen atoms in total. The van der Waals surface area contributed by atoms with Crippen molar-refractivity contribution in [1.82, 2.24) is 9.97 Å². The Kier molecular flexibility index (Phi) is 1.36. The molecule has 2 heterocycles. The van der Waals surface area contributed by atoms with E-state index < -0.39 is 0 Å². The normalized spacial score (nSPS) is 21.4. The largest absolute Gasteiger partial charge is 0.454 e. The van der Waals surface area contributed by atoms with Crippen molar-refractivity contribution in [2.75, 3.05) is 11.9 Å². The molecule has 0 saturated carbocycles. The van der Waals surface area contributed by atoms with Crippen LogP contribution in [0.25, 0.3) is 0 Å². The molecule has 1 aliphatic heterocycles. The molecule has 2 rings (SSSR count). The Labute approximate surface area is 63.6 Å². The highest BCUT2D eigenvalue weighted by Crippen LogP contribution is 2.20. The van der Waals surface area contributed by atoms with Crippen molar-refractivity contribution in [2.24, 2.45) is 5.73 Å². The molecule has 0 fully saturated rings. The minimum Gasteiger partial charge on any atom is -0.454 e. The number of nitrogens with zero attached hydrogens (tertiary/aromatic N) is 2. The maximum Gasteiger partial charge on any atom is 0.259 e. The summed E-state index contributed by atoms with van der Waals surface area (Å²) in [5.74, 6) is 1.14. The van der Waals surface area contributed by atoms with E-state index in [-0.39, 0.29) is 6.23 Å². The molecule has 5 heteroatoms. The molecule has 58 valence electrons. The number of ether oxygens (including phenoxy) is 1. The molecule has 1 aromatic rings. The fourth-order valence-electron chi connectivity index (χ4n) is 0.915. The van der Waals surface area contributed by atoms with Crippen LogP contribution < -0.4 is 15.8 Å². The highest BCUT2D eigenvalue weighted by Gasteiger charge is 2.16. The third-order valence-electron chi connectivity index (χ3n) is 1.40. The average molecular weight is 152 g/mol. The SMILES string of the molecule is NC1CNc2nccnc2O1. The van der Waals surface area contributed by atoms with Gasteiger partial charge in [0.15, 0.2) is 12.0 Å². The summed E-state index contributed by atoms with van der Waals surface area (Å²) in [7, 11) is 0. The summed E-state index contributed by atoms with van der Waals surface area (Å²) in [6, 6.07) is 0. The molecular formula is C6H8N4O. The summed E-state index contributed by atoms with van der Waals surface area (Å²) in [5, 5.41) is 2.99. The first-order valence-corrected chi connectivity index (χ1v) is 3.33. The van der Waals surface area contributed by atoms with Crippen LogP contribution in [0.4, 0.5) is 5.82 Å². The second kappa shape index (κ2) is 2.35. The van der Waals surface area contributed by atoms with Crippen LogP contribution in [0.1, 0.15) is 0 Å². The van der Waals surface area contributed by atoms with Crippen LogP contribution in [0.3, 0.4) is 0 Å². The average Bonchev–Trinajstić information content (AvgIpc) is 2.04. The van der Waals surface area contributed by atoms with Crippen molar-refractivity contribution >= 4 is 5.82 Å². The Morgan fingerprint density at radius 3 is 3.27 bits per heavy atom. The summed E-state index contributed by atoms with van der Waals surface area (Å²) in [4.78, 5) is 7.94. The zero-order valence-corrected chi connectivity index (χ0v) is 5.82. The number of anilines is 1. The van der Waals surface area contributed by atoms with E-state index in [1.54, 1.807) is 12.4 Å². The van der Waals surface area contributed by atoms with E-state index >= 15 is 0 Å². The molecule has 0 bridgehead atoms. The van der Waals surface area contributed by atoms with Gasteiger partial charge in [0, 0.05) is 12.4 Å². The summed E-state index contributed by atoms with van der Waals surface area (Å²) in [5.41, 5.74) is 5.50. The second-order valence-corrected chi connectivity index (χ2v) is 2.25. The number of fused-ring (bicyclic) bond motifs is 1. The van der Waals surface area contributed by atoms with Crippen molar-refractivity contribution in [3.63, 3.8) is 0 Å². The van der Waals surface area contributed by atoms with Crippen LogP contribution in [-0.2, 0) is 0 Å². The van der Waals surface area contributed by atoms with Crippen LogP contribution in [0.2, 0.25) is 0 Å². The molecule has 1 aliphatic rings. The van der Waals surface area contributed by atoms with Crippen molar-refractivity contribution in [3.05, 3.63) is 12.4 Å². The van der Waals surface area contributed by atoms with Crippen LogP contribution in [0.15, 0.2) is 12.4 Å². The second-order valence-electron chi connectivity index (χ2n) is 2.25. The lowest BCUT2D eigenvalue weighted by atomic mass is 10.4. The molecule has 0 aromatic carbocycles. The van der Waals surface area contributed by atoms with Gasteiger partial charge in [-0.15, -0.1) is 0 Å². The highest BCUT2D eigenvalue weighted by molar-refractivity contribution is 5.46. The minimum absolute atomic E-state index is 0.320. The summed E-state index contributed by atoms with van der Waals surface area (Å²) < 4.78 is 5.17. The van der Waals surface area contributed by atoms with Gasteiger partial charge in [-0.1, -0.05) is 0 Å². The molecule has 0 aliphatic carbocycles. The summed E-state index contributed by atoms with van der Waals surface area (Å²) in [6.07, 6.45) is 2.85. The van der Waals surface area contributed by atoms with E-state index in [1.807, 2.05) is 0 Å².